The molecule has 114 valence electrons. The van der Waals surface area contributed by atoms with Crippen molar-refractivity contribution in [3.05, 3.63) is 60.2 Å². The third kappa shape index (κ3) is 4.34. The lowest BCUT2D eigenvalue weighted by Gasteiger charge is -2.15. The Morgan fingerprint density at radius 1 is 1.23 bits per heavy atom. The summed E-state index contributed by atoms with van der Waals surface area (Å²) in [5, 5.41) is 13.4. The highest BCUT2D eigenvalue weighted by molar-refractivity contribution is 5.86. The molecule has 22 heavy (non-hydrogen) atoms. The number of hydrazone groups is 1. The van der Waals surface area contributed by atoms with Crippen molar-refractivity contribution in [2.24, 2.45) is 5.10 Å². The van der Waals surface area contributed by atoms with E-state index in [9.17, 15) is 9.90 Å². The number of hydrogen-bond donors (Lipinski definition) is 2. The van der Waals surface area contributed by atoms with Crippen LogP contribution in [0.15, 0.2) is 59.7 Å². The summed E-state index contributed by atoms with van der Waals surface area (Å²) in [5.74, 6) is 0.403. The number of aromatic hydroxyl groups is 1. The summed E-state index contributed by atoms with van der Waals surface area (Å²) in [5.41, 5.74) is 2.95. The molecule has 5 nitrogen and oxygen atoms in total. The molecule has 0 spiro atoms. The van der Waals surface area contributed by atoms with E-state index in [2.05, 4.69) is 10.5 Å². The third-order valence-corrected chi connectivity index (χ3v) is 3.00. The van der Waals surface area contributed by atoms with Gasteiger partial charge in [-0.15, -0.1) is 0 Å². The minimum Gasteiger partial charge on any atom is -0.507 e. The fourth-order valence-corrected chi connectivity index (χ4v) is 1.82. The molecule has 2 aromatic rings. The van der Waals surface area contributed by atoms with Crippen molar-refractivity contribution in [1.82, 2.24) is 5.43 Å². The number of ether oxygens (including phenoxy) is 1. The van der Waals surface area contributed by atoms with Crippen LogP contribution in [0, 0.1) is 0 Å². The number of hydrogen-bond acceptors (Lipinski definition) is 4. The van der Waals surface area contributed by atoms with Crippen molar-refractivity contribution < 1.29 is 14.6 Å². The Morgan fingerprint density at radius 3 is 2.59 bits per heavy atom. The number of phenolic OH excluding ortho intramolecular Hbond substituents is 1. The number of rotatable bonds is 6. The zero-order valence-corrected chi connectivity index (χ0v) is 12.3. The summed E-state index contributed by atoms with van der Waals surface area (Å²) in [4.78, 5) is 12.0. The Balaban J connectivity index is 1.94. The fourth-order valence-electron chi connectivity index (χ4n) is 1.82. The van der Waals surface area contributed by atoms with E-state index in [0.717, 1.165) is 0 Å². The molecular formula is C17H18N2O3. The number of para-hydroxylation sites is 2. The highest BCUT2D eigenvalue weighted by Gasteiger charge is 2.17. The van der Waals surface area contributed by atoms with Gasteiger partial charge in [-0.05, 0) is 30.7 Å². The van der Waals surface area contributed by atoms with Crippen LogP contribution in [0.1, 0.15) is 18.9 Å². The standard InChI is InChI=1S/C17H18N2O3/c1-2-16(22-14-9-4-3-5-10-14)17(21)19-18-12-13-8-6-7-11-15(13)20/h3-12,16,20H,2H2,1H3,(H,19,21)/b18-12-/t16-/m1/s1. The molecule has 2 N–H and O–H groups in total. The molecule has 0 saturated heterocycles. The van der Waals surface area contributed by atoms with Gasteiger partial charge in [-0.2, -0.15) is 5.10 Å². The smallest absolute Gasteiger partial charge is 0.281 e. The van der Waals surface area contributed by atoms with Gasteiger partial charge in [0.15, 0.2) is 6.10 Å². The van der Waals surface area contributed by atoms with E-state index < -0.39 is 6.10 Å². The van der Waals surface area contributed by atoms with Crippen LogP contribution in [0.4, 0.5) is 0 Å². The van der Waals surface area contributed by atoms with Crippen LogP contribution in [0.3, 0.4) is 0 Å². The molecule has 0 bridgehead atoms. The minimum absolute atomic E-state index is 0.105. The highest BCUT2D eigenvalue weighted by Crippen LogP contribution is 2.13. The highest BCUT2D eigenvalue weighted by atomic mass is 16.5. The van der Waals surface area contributed by atoms with Gasteiger partial charge in [0.1, 0.15) is 11.5 Å². The largest absolute Gasteiger partial charge is 0.507 e. The molecule has 0 fully saturated rings. The fraction of sp³-hybridized carbons (Fsp3) is 0.176. The van der Waals surface area contributed by atoms with E-state index in [1.54, 1.807) is 36.4 Å². The van der Waals surface area contributed by atoms with Crippen molar-refractivity contribution in [2.75, 3.05) is 0 Å². The summed E-state index contributed by atoms with van der Waals surface area (Å²) in [6, 6.07) is 15.9. The molecule has 2 rings (SSSR count). The van der Waals surface area contributed by atoms with Crippen LogP contribution >= 0.6 is 0 Å². The predicted molar refractivity (Wildman–Crippen MR) is 85.0 cm³/mol. The molecule has 1 amide bonds. The van der Waals surface area contributed by atoms with Crippen LogP contribution in [-0.2, 0) is 4.79 Å². The zero-order chi connectivity index (χ0) is 15.8. The van der Waals surface area contributed by atoms with Gasteiger partial charge in [-0.25, -0.2) is 5.43 Å². The molecule has 5 heteroatoms. The first-order valence-corrected chi connectivity index (χ1v) is 7.03. The lowest BCUT2D eigenvalue weighted by atomic mass is 10.2. The SMILES string of the molecule is CC[C@@H](Oc1ccccc1)C(=O)N/N=C\c1ccccc1O. The predicted octanol–water partition coefficient (Wildman–Crippen LogP) is 2.70. The topological polar surface area (TPSA) is 70.9 Å². The van der Waals surface area contributed by atoms with Crippen LogP contribution < -0.4 is 10.2 Å². The normalized spacial score (nSPS) is 12.0. The van der Waals surface area contributed by atoms with Crippen molar-refractivity contribution in [3.63, 3.8) is 0 Å². The first-order valence-electron chi connectivity index (χ1n) is 7.03. The second kappa shape index (κ2) is 7.83. The summed E-state index contributed by atoms with van der Waals surface area (Å²) < 4.78 is 5.62. The van der Waals surface area contributed by atoms with Crippen molar-refractivity contribution in [1.29, 1.82) is 0 Å². The second-order valence-electron chi connectivity index (χ2n) is 4.62. The number of carbonyl (C=O) groups excluding carboxylic acids is 1. The monoisotopic (exact) mass is 298 g/mol. The number of nitrogens with one attached hydrogen (secondary N) is 1. The van der Waals surface area contributed by atoms with Gasteiger partial charge in [0.05, 0.1) is 6.21 Å². The summed E-state index contributed by atoms with van der Waals surface area (Å²) in [6.07, 6.45) is 1.29. The molecule has 0 aliphatic heterocycles. The van der Waals surface area contributed by atoms with Crippen LogP contribution in [0.5, 0.6) is 11.5 Å². The van der Waals surface area contributed by atoms with E-state index in [-0.39, 0.29) is 11.7 Å². The summed E-state index contributed by atoms with van der Waals surface area (Å²) in [6.45, 7) is 1.86. The average molecular weight is 298 g/mol. The molecule has 0 aliphatic rings. The Kier molecular flexibility index (Phi) is 5.54. The maximum atomic E-state index is 12.0. The zero-order valence-electron chi connectivity index (χ0n) is 12.3. The Morgan fingerprint density at radius 2 is 1.91 bits per heavy atom. The van der Waals surface area contributed by atoms with Gasteiger partial charge in [0.25, 0.3) is 5.91 Å². The molecule has 0 aliphatic carbocycles. The Bertz CT molecular complexity index is 641. The number of phenols is 1. The van der Waals surface area contributed by atoms with Gasteiger partial charge in [0, 0.05) is 5.56 Å². The Hall–Kier alpha value is -2.82. The molecule has 1 atom stereocenters. The minimum atomic E-state index is -0.621. The van der Waals surface area contributed by atoms with Crippen LogP contribution in [0.25, 0.3) is 0 Å². The number of nitrogens with zero attached hydrogens (tertiary/aromatic N) is 1. The molecule has 0 aromatic heterocycles. The van der Waals surface area contributed by atoms with Crippen molar-refractivity contribution in [2.45, 2.75) is 19.4 Å². The van der Waals surface area contributed by atoms with Gasteiger partial charge >= 0.3 is 0 Å². The van der Waals surface area contributed by atoms with Crippen LogP contribution in [0.2, 0.25) is 0 Å². The third-order valence-electron chi connectivity index (χ3n) is 3.00. The van der Waals surface area contributed by atoms with Gasteiger partial charge in [-0.1, -0.05) is 37.3 Å². The first kappa shape index (κ1) is 15.6. The molecule has 0 saturated carbocycles. The van der Waals surface area contributed by atoms with E-state index in [0.29, 0.717) is 17.7 Å². The van der Waals surface area contributed by atoms with E-state index in [4.69, 9.17) is 4.74 Å². The maximum Gasteiger partial charge on any atom is 0.281 e. The van der Waals surface area contributed by atoms with E-state index in [1.807, 2.05) is 25.1 Å². The second-order valence-corrected chi connectivity index (χ2v) is 4.62. The van der Waals surface area contributed by atoms with Crippen LogP contribution in [-0.4, -0.2) is 23.3 Å². The number of benzene rings is 2. The Labute approximate surface area is 129 Å². The lowest BCUT2D eigenvalue weighted by molar-refractivity contribution is -0.128. The van der Waals surface area contributed by atoms with Gasteiger partial charge < -0.3 is 9.84 Å². The molecule has 0 heterocycles. The quantitative estimate of drug-likeness (QED) is 0.636. The molecule has 0 radical (unpaired) electrons. The van der Waals surface area contributed by atoms with Gasteiger partial charge in [-0.3, -0.25) is 4.79 Å². The van der Waals surface area contributed by atoms with Crippen molar-refractivity contribution >= 4 is 12.1 Å². The lowest BCUT2D eigenvalue weighted by Crippen LogP contribution is -2.35. The maximum absolute atomic E-state index is 12.0. The van der Waals surface area contributed by atoms with E-state index in [1.165, 1.54) is 6.21 Å². The van der Waals surface area contributed by atoms with E-state index >= 15 is 0 Å². The number of amides is 1. The first-order chi connectivity index (χ1) is 10.7. The number of carbonyl (C=O) groups is 1. The van der Waals surface area contributed by atoms with Gasteiger partial charge in [0.2, 0.25) is 0 Å². The summed E-state index contributed by atoms with van der Waals surface area (Å²) >= 11 is 0. The molecular weight excluding hydrogens is 280 g/mol. The molecule has 2 aromatic carbocycles. The molecule has 0 unspecified atom stereocenters. The van der Waals surface area contributed by atoms with Crippen molar-refractivity contribution in [3.8, 4) is 11.5 Å². The average Bonchev–Trinajstić information content (AvgIpc) is 2.55. The summed E-state index contributed by atoms with van der Waals surface area (Å²) in [7, 11) is 0.